The third-order valence-corrected chi connectivity index (χ3v) is 7.30. The molecule has 1 N–H and O–H groups in total. The molecule has 0 saturated heterocycles. The smallest absolute Gasteiger partial charge is 0.286 e. The minimum atomic E-state index is -4.20. The van der Waals surface area contributed by atoms with Crippen LogP contribution in [0.15, 0.2) is 77.8 Å². The number of hydrogen-bond acceptors (Lipinski definition) is 5. The number of carbonyl (C=O) groups excluding carboxylic acids is 2. The molecule has 7 nitrogen and oxygen atoms in total. The van der Waals surface area contributed by atoms with Gasteiger partial charge in [-0.15, -0.1) is 0 Å². The molecule has 9 heteroatoms. The predicted molar refractivity (Wildman–Crippen MR) is 124 cm³/mol. The van der Waals surface area contributed by atoms with E-state index in [2.05, 4.69) is 10.3 Å². The van der Waals surface area contributed by atoms with Crippen molar-refractivity contribution in [2.75, 3.05) is 6.54 Å². The van der Waals surface area contributed by atoms with Crippen molar-refractivity contribution in [3.05, 3.63) is 94.8 Å². The number of aromatic nitrogens is 1. The van der Waals surface area contributed by atoms with Crippen molar-refractivity contribution in [2.45, 2.75) is 24.3 Å². The van der Waals surface area contributed by atoms with Gasteiger partial charge in [-0.2, -0.15) is 0 Å². The summed E-state index contributed by atoms with van der Waals surface area (Å²) >= 11 is 5.89. The Balaban J connectivity index is 1.60. The Kier molecular flexibility index (Phi) is 6.76. The average Bonchev–Trinajstić information content (AvgIpc) is 3.66. The number of pyridine rings is 1. The lowest BCUT2D eigenvalue weighted by Crippen LogP contribution is -2.37. The summed E-state index contributed by atoms with van der Waals surface area (Å²) in [6, 6.07) is 16.8. The maximum atomic E-state index is 13.4. The molecule has 0 bridgehead atoms. The molecule has 1 aromatic heterocycles. The van der Waals surface area contributed by atoms with E-state index in [4.69, 9.17) is 11.6 Å². The van der Waals surface area contributed by atoms with E-state index in [1.54, 1.807) is 36.4 Å². The Bertz CT molecular complexity index is 1240. The van der Waals surface area contributed by atoms with Gasteiger partial charge in [0.15, 0.2) is 0 Å². The van der Waals surface area contributed by atoms with Crippen molar-refractivity contribution in [3.63, 3.8) is 0 Å². The SMILES string of the molecule is O=C(NCC1CC1)c1ccc(CN(C(=O)c2ccccn2)S(=O)(=O)c2ccc(Cl)cc2)cc1. The molecule has 33 heavy (non-hydrogen) atoms. The van der Waals surface area contributed by atoms with Crippen LogP contribution in [-0.2, 0) is 16.6 Å². The van der Waals surface area contributed by atoms with E-state index in [-0.39, 0.29) is 23.0 Å². The number of sulfonamides is 1. The molecule has 2 aromatic carbocycles. The Hall–Kier alpha value is -3.23. The number of nitrogens with zero attached hydrogens (tertiary/aromatic N) is 2. The fraction of sp³-hybridized carbons (Fsp3) is 0.208. The maximum absolute atomic E-state index is 13.4. The van der Waals surface area contributed by atoms with Crippen LogP contribution >= 0.6 is 11.6 Å². The van der Waals surface area contributed by atoms with Gasteiger partial charge in [0.1, 0.15) is 5.69 Å². The van der Waals surface area contributed by atoms with Crippen LogP contribution in [0.5, 0.6) is 0 Å². The zero-order chi connectivity index (χ0) is 23.4. The second kappa shape index (κ2) is 9.72. The number of benzene rings is 2. The number of hydrogen-bond donors (Lipinski definition) is 1. The lowest BCUT2D eigenvalue weighted by Gasteiger charge is -2.22. The molecule has 1 fully saturated rings. The lowest BCUT2D eigenvalue weighted by molar-refractivity contribution is 0.0848. The van der Waals surface area contributed by atoms with Crippen LogP contribution in [0, 0.1) is 5.92 Å². The molecule has 170 valence electrons. The molecule has 1 aliphatic rings. The molecule has 0 unspecified atom stereocenters. The van der Waals surface area contributed by atoms with Crippen LogP contribution < -0.4 is 5.32 Å². The molecule has 0 radical (unpaired) electrons. The number of nitrogens with one attached hydrogen (secondary N) is 1. The third kappa shape index (κ3) is 5.58. The molecule has 4 rings (SSSR count). The molecule has 2 amide bonds. The molecule has 0 aliphatic heterocycles. The van der Waals surface area contributed by atoms with Gasteiger partial charge >= 0.3 is 0 Å². The normalized spacial score (nSPS) is 13.4. The highest BCUT2D eigenvalue weighted by atomic mass is 35.5. The van der Waals surface area contributed by atoms with Gasteiger partial charge in [-0.1, -0.05) is 29.8 Å². The molecule has 0 atom stereocenters. The zero-order valence-electron chi connectivity index (χ0n) is 17.6. The summed E-state index contributed by atoms with van der Waals surface area (Å²) in [6.07, 6.45) is 3.71. The second-order valence-electron chi connectivity index (χ2n) is 7.84. The minimum Gasteiger partial charge on any atom is -0.352 e. The van der Waals surface area contributed by atoms with E-state index in [0.29, 0.717) is 28.6 Å². The molecule has 1 heterocycles. The summed E-state index contributed by atoms with van der Waals surface area (Å²) in [5.74, 6) is -0.363. The average molecular weight is 484 g/mol. The monoisotopic (exact) mass is 483 g/mol. The van der Waals surface area contributed by atoms with E-state index < -0.39 is 15.9 Å². The van der Waals surface area contributed by atoms with E-state index >= 15 is 0 Å². The lowest BCUT2D eigenvalue weighted by atomic mass is 10.1. The second-order valence-corrected chi connectivity index (χ2v) is 10.1. The standard InChI is InChI=1S/C24H22ClN3O4S/c25-20-10-12-21(13-11-20)33(31,32)28(24(30)22-3-1-2-14-26-22)16-18-6-8-19(9-7-18)23(29)27-15-17-4-5-17/h1-3,6-14,17H,4-5,15-16H2,(H,27,29). The maximum Gasteiger partial charge on any atom is 0.286 e. The Labute approximate surface area is 197 Å². The van der Waals surface area contributed by atoms with E-state index in [9.17, 15) is 18.0 Å². The van der Waals surface area contributed by atoms with Gasteiger partial charge in [0.25, 0.3) is 21.8 Å². The van der Waals surface area contributed by atoms with Crippen LogP contribution in [0.3, 0.4) is 0 Å². The van der Waals surface area contributed by atoms with Crippen molar-refractivity contribution < 1.29 is 18.0 Å². The van der Waals surface area contributed by atoms with Gasteiger partial charge in [0.05, 0.1) is 11.4 Å². The number of halogens is 1. The van der Waals surface area contributed by atoms with E-state index in [1.807, 2.05) is 0 Å². The van der Waals surface area contributed by atoms with Crippen LogP contribution in [0.2, 0.25) is 5.02 Å². The van der Waals surface area contributed by atoms with Crippen molar-refractivity contribution in [1.82, 2.24) is 14.6 Å². The van der Waals surface area contributed by atoms with Gasteiger partial charge in [-0.3, -0.25) is 14.6 Å². The summed E-state index contributed by atoms with van der Waals surface area (Å²) < 4.78 is 27.5. The first-order valence-electron chi connectivity index (χ1n) is 10.5. The van der Waals surface area contributed by atoms with E-state index in [1.165, 1.54) is 36.5 Å². The molecular weight excluding hydrogens is 462 g/mol. The summed E-state index contributed by atoms with van der Waals surface area (Å²) in [6.45, 7) is 0.441. The summed E-state index contributed by atoms with van der Waals surface area (Å²) in [4.78, 5) is 29.4. The predicted octanol–water partition coefficient (Wildman–Crippen LogP) is 3.91. The van der Waals surface area contributed by atoms with Gasteiger partial charge < -0.3 is 5.32 Å². The molecule has 3 aromatic rings. The largest absolute Gasteiger partial charge is 0.352 e. The first-order valence-corrected chi connectivity index (χ1v) is 12.3. The molecule has 1 aliphatic carbocycles. The number of amides is 2. The Morgan fingerprint density at radius 2 is 1.70 bits per heavy atom. The van der Waals surface area contributed by atoms with Gasteiger partial charge in [-0.05, 0) is 72.9 Å². The fourth-order valence-corrected chi connectivity index (χ4v) is 4.70. The van der Waals surface area contributed by atoms with Crippen molar-refractivity contribution in [2.24, 2.45) is 5.92 Å². The highest BCUT2D eigenvalue weighted by Crippen LogP contribution is 2.27. The highest BCUT2D eigenvalue weighted by Gasteiger charge is 2.31. The topological polar surface area (TPSA) is 96.4 Å². The number of carbonyl (C=O) groups is 2. The van der Waals surface area contributed by atoms with Gasteiger partial charge in [0.2, 0.25) is 0 Å². The Morgan fingerprint density at radius 3 is 2.30 bits per heavy atom. The van der Waals surface area contributed by atoms with E-state index in [0.717, 1.165) is 17.1 Å². The minimum absolute atomic E-state index is 0.00566. The van der Waals surface area contributed by atoms with Crippen molar-refractivity contribution in [3.8, 4) is 0 Å². The van der Waals surface area contributed by atoms with Crippen molar-refractivity contribution in [1.29, 1.82) is 0 Å². The third-order valence-electron chi connectivity index (χ3n) is 5.30. The summed E-state index contributed by atoms with van der Waals surface area (Å²) in [7, 11) is -4.20. The molecule has 1 saturated carbocycles. The zero-order valence-corrected chi connectivity index (χ0v) is 19.2. The quantitative estimate of drug-likeness (QED) is 0.524. The summed E-state index contributed by atoms with van der Waals surface area (Å²) in [5.41, 5.74) is 1.03. The van der Waals surface area contributed by atoms with Crippen LogP contribution in [0.4, 0.5) is 0 Å². The van der Waals surface area contributed by atoms with Crippen LogP contribution in [0.25, 0.3) is 0 Å². The molecular formula is C24H22ClN3O4S. The highest BCUT2D eigenvalue weighted by molar-refractivity contribution is 7.89. The Morgan fingerprint density at radius 1 is 1.00 bits per heavy atom. The van der Waals surface area contributed by atoms with Gasteiger partial charge in [0, 0.05) is 23.3 Å². The van der Waals surface area contributed by atoms with Crippen molar-refractivity contribution >= 4 is 33.4 Å². The fourth-order valence-electron chi connectivity index (χ4n) is 3.21. The first-order chi connectivity index (χ1) is 15.8. The van der Waals surface area contributed by atoms with Gasteiger partial charge in [-0.25, -0.2) is 12.7 Å². The van der Waals surface area contributed by atoms with Crippen LogP contribution in [-0.4, -0.2) is 36.1 Å². The summed E-state index contributed by atoms with van der Waals surface area (Å²) in [5, 5.41) is 3.27. The molecule has 0 spiro atoms. The first kappa shape index (κ1) is 22.9. The number of rotatable bonds is 8. The van der Waals surface area contributed by atoms with Crippen LogP contribution in [0.1, 0.15) is 39.3 Å².